The van der Waals surface area contributed by atoms with Gasteiger partial charge in [0.25, 0.3) is 0 Å². The molecule has 1 atom stereocenters. The van der Waals surface area contributed by atoms with Crippen LogP contribution in [-0.2, 0) is 0 Å². The molecule has 0 amide bonds. The molecule has 0 aliphatic heterocycles. The van der Waals surface area contributed by atoms with Crippen molar-refractivity contribution in [3.63, 3.8) is 0 Å². The minimum Gasteiger partial charge on any atom is -0.0882 e. The Labute approximate surface area is 77.1 Å². The Balaban J connectivity index is 2.55. The molecule has 0 N–H and O–H groups in total. The summed E-state index contributed by atoms with van der Waals surface area (Å²) in [6, 6.07) is 0. The highest BCUT2D eigenvalue weighted by atomic mass is 14.3. The van der Waals surface area contributed by atoms with Gasteiger partial charge in [-0.25, -0.2) is 0 Å². The van der Waals surface area contributed by atoms with Crippen molar-refractivity contribution in [3.8, 4) is 0 Å². The number of hydrogen-bond acceptors (Lipinski definition) is 0. The maximum absolute atomic E-state index is 2.44. The van der Waals surface area contributed by atoms with Crippen LogP contribution < -0.4 is 0 Å². The summed E-state index contributed by atoms with van der Waals surface area (Å²) in [6.45, 7) is 7.05. The Morgan fingerprint density at radius 1 is 1.08 bits per heavy atom. The minimum absolute atomic E-state index is 0.466. The highest BCUT2D eigenvalue weighted by Crippen LogP contribution is 2.32. The zero-order chi connectivity index (χ0) is 9.03. The molecule has 1 aliphatic carbocycles. The normalized spacial score (nSPS) is 29.1. The largest absolute Gasteiger partial charge is 0.0882 e. The highest BCUT2D eigenvalue weighted by molar-refractivity contribution is 4.94. The van der Waals surface area contributed by atoms with Crippen molar-refractivity contribution >= 4 is 0 Å². The van der Waals surface area contributed by atoms with Gasteiger partial charge in [-0.1, -0.05) is 45.8 Å². The van der Waals surface area contributed by atoms with Gasteiger partial charge in [0.05, 0.1) is 0 Å². The van der Waals surface area contributed by atoms with Crippen molar-refractivity contribution in [3.05, 3.63) is 12.2 Å². The molecule has 0 fully saturated rings. The van der Waals surface area contributed by atoms with Crippen LogP contribution >= 0.6 is 0 Å². The first-order valence-electron chi connectivity index (χ1n) is 5.27. The first-order valence-corrected chi connectivity index (χ1v) is 5.27. The van der Waals surface area contributed by atoms with Crippen LogP contribution in [0.3, 0.4) is 0 Å². The first kappa shape index (κ1) is 9.83. The van der Waals surface area contributed by atoms with Crippen molar-refractivity contribution in [1.29, 1.82) is 0 Å². The van der Waals surface area contributed by atoms with Gasteiger partial charge in [0.2, 0.25) is 0 Å². The van der Waals surface area contributed by atoms with Gasteiger partial charge in [0, 0.05) is 0 Å². The van der Waals surface area contributed by atoms with E-state index in [1.54, 1.807) is 0 Å². The monoisotopic (exact) mass is 166 g/mol. The van der Waals surface area contributed by atoms with Crippen LogP contribution in [0.5, 0.6) is 0 Å². The smallest absolute Gasteiger partial charge is 0.0185 e. The second-order valence-corrected chi connectivity index (χ2v) is 5.04. The summed E-state index contributed by atoms with van der Waals surface area (Å²) in [6.07, 6.45) is 11.8. The van der Waals surface area contributed by atoms with Crippen molar-refractivity contribution in [1.82, 2.24) is 0 Å². The summed E-state index contributed by atoms with van der Waals surface area (Å²) in [5.74, 6) is 0.804. The highest BCUT2D eigenvalue weighted by Gasteiger charge is 2.21. The molecule has 1 aliphatic rings. The molecule has 0 heteroatoms. The van der Waals surface area contributed by atoms with Crippen LogP contribution in [0.1, 0.15) is 52.9 Å². The van der Waals surface area contributed by atoms with Crippen LogP contribution in [0, 0.1) is 11.3 Å². The first-order chi connectivity index (χ1) is 5.61. The lowest BCUT2D eigenvalue weighted by Crippen LogP contribution is -2.18. The Morgan fingerprint density at radius 2 is 1.83 bits per heavy atom. The maximum Gasteiger partial charge on any atom is -0.0185 e. The summed E-state index contributed by atoms with van der Waals surface area (Å²) < 4.78 is 0. The van der Waals surface area contributed by atoms with Crippen LogP contribution in [0.25, 0.3) is 0 Å². The van der Waals surface area contributed by atoms with Gasteiger partial charge in [-0.05, 0) is 30.6 Å². The van der Waals surface area contributed by atoms with E-state index in [2.05, 4.69) is 32.9 Å². The topological polar surface area (TPSA) is 0 Å². The Bertz CT molecular complexity index is 148. The van der Waals surface area contributed by atoms with Crippen molar-refractivity contribution < 1.29 is 0 Å². The van der Waals surface area contributed by atoms with Crippen LogP contribution in [0.15, 0.2) is 12.2 Å². The zero-order valence-electron chi connectivity index (χ0n) is 8.77. The SMILES string of the molecule is CC(C)(C)C1/C=C/CCCCC1. The molecular formula is C12H22. The average Bonchev–Trinajstić information content (AvgIpc) is 1.81. The van der Waals surface area contributed by atoms with Crippen molar-refractivity contribution in [2.75, 3.05) is 0 Å². The third-order valence-electron chi connectivity index (χ3n) is 2.87. The van der Waals surface area contributed by atoms with E-state index in [4.69, 9.17) is 0 Å². The van der Waals surface area contributed by atoms with Gasteiger partial charge < -0.3 is 0 Å². The Morgan fingerprint density at radius 3 is 2.50 bits per heavy atom. The lowest BCUT2D eigenvalue weighted by molar-refractivity contribution is 0.268. The van der Waals surface area contributed by atoms with Gasteiger partial charge in [-0.3, -0.25) is 0 Å². The maximum atomic E-state index is 2.44. The van der Waals surface area contributed by atoms with E-state index in [1.807, 2.05) is 0 Å². The van der Waals surface area contributed by atoms with Crippen molar-refractivity contribution in [2.24, 2.45) is 11.3 Å². The van der Waals surface area contributed by atoms with E-state index in [1.165, 1.54) is 32.1 Å². The summed E-state index contributed by atoms with van der Waals surface area (Å²) in [5.41, 5.74) is 0.466. The molecule has 0 bridgehead atoms. The standard InChI is InChI=1S/C12H22/c1-12(2,3)11-9-7-5-4-6-8-10-11/h7,9,11H,4-6,8,10H2,1-3H3/b9-7+. The molecule has 0 aromatic carbocycles. The predicted molar refractivity (Wildman–Crippen MR) is 55.2 cm³/mol. The van der Waals surface area contributed by atoms with Gasteiger partial charge in [0.1, 0.15) is 0 Å². The van der Waals surface area contributed by atoms with Crippen LogP contribution in [0.2, 0.25) is 0 Å². The number of allylic oxidation sites excluding steroid dienone is 2. The third kappa shape index (κ3) is 3.00. The van der Waals surface area contributed by atoms with E-state index < -0.39 is 0 Å². The fourth-order valence-corrected chi connectivity index (χ4v) is 1.88. The molecule has 12 heavy (non-hydrogen) atoms. The van der Waals surface area contributed by atoms with E-state index >= 15 is 0 Å². The second kappa shape index (κ2) is 4.11. The molecule has 1 unspecified atom stereocenters. The predicted octanol–water partition coefficient (Wildman–Crippen LogP) is 4.17. The molecule has 0 saturated heterocycles. The lowest BCUT2D eigenvalue weighted by Gasteiger charge is -2.29. The average molecular weight is 166 g/mol. The molecule has 70 valence electrons. The quantitative estimate of drug-likeness (QED) is 0.474. The molecule has 0 heterocycles. The molecule has 0 radical (unpaired) electrons. The van der Waals surface area contributed by atoms with Gasteiger partial charge in [0.15, 0.2) is 0 Å². The third-order valence-corrected chi connectivity index (χ3v) is 2.87. The molecular weight excluding hydrogens is 144 g/mol. The van der Waals surface area contributed by atoms with E-state index in [-0.39, 0.29) is 0 Å². The Kier molecular flexibility index (Phi) is 3.37. The molecule has 0 saturated carbocycles. The molecule has 0 aromatic heterocycles. The molecule has 0 nitrogen and oxygen atoms in total. The number of hydrogen-bond donors (Lipinski definition) is 0. The summed E-state index contributed by atoms with van der Waals surface area (Å²) >= 11 is 0. The number of rotatable bonds is 0. The lowest BCUT2D eigenvalue weighted by atomic mass is 9.77. The van der Waals surface area contributed by atoms with Crippen LogP contribution in [-0.4, -0.2) is 0 Å². The minimum atomic E-state index is 0.466. The summed E-state index contributed by atoms with van der Waals surface area (Å²) in [5, 5.41) is 0. The molecule has 0 aromatic rings. The van der Waals surface area contributed by atoms with Crippen LogP contribution in [0.4, 0.5) is 0 Å². The summed E-state index contributed by atoms with van der Waals surface area (Å²) in [7, 11) is 0. The van der Waals surface area contributed by atoms with E-state index in [9.17, 15) is 0 Å². The van der Waals surface area contributed by atoms with E-state index in [0.717, 1.165) is 5.92 Å². The summed E-state index contributed by atoms with van der Waals surface area (Å²) in [4.78, 5) is 0. The molecule has 0 spiro atoms. The van der Waals surface area contributed by atoms with Gasteiger partial charge in [-0.15, -0.1) is 0 Å². The fraction of sp³-hybridized carbons (Fsp3) is 0.833. The van der Waals surface area contributed by atoms with Gasteiger partial charge in [-0.2, -0.15) is 0 Å². The van der Waals surface area contributed by atoms with E-state index in [0.29, 0.717) is 5.41 Å². The fourth-order valence-electron chi connectivity index (χ4n) is 1.88. The van der Waals surface area contributed by atoms with Crippen molar-refractivity contribution in [2.45, 2.75) is 52.9 Å². The van der Waals surface area contributed by atoms with Gasteiger partial charge >= 0.3 is 0 Å². The second-order valence-electron chi connectivity index (χ2n) is 5.04. The zero-order valence-corrected chi connectivity index (χ0v) is 8.77. The Hall–Kier alpha value is -0.260. The molecule has 1 rings (SSSR count).